The van der Waals surface area contributed by atoms with Crippen LogP contribution in [0.3, 0.4) is 0 Å². The number of ether oxygens (including phenoxy) is 2. The van der Waals surface area contributed by atoms with Gasteiger partial charge in [-0.3, -0.25) is 4.79 Å². The summed E-state index contributed by atoms with van der Waals surface area (Å²) in [7, 11) is 0. The minimum atomic E-state index is -0.413. The van der Waals surface area contributed by atoms with Crippen LogP contribution < -0.4 is 14.9 Å². The quantitative estimate of drug-likeness (QED) is 0.442. The van der Waals surface area contributed by atoms with Gasteiger partial charge in [0.25, 0.3) is 0 Å². The number of hydrogen-bond acceptors (Lipinski definition) is 4. The van der Waals surface area contributed by atoms with Crippen molar-refractivity contribution in [1.29, 1.82) is 0 Å². The van der Waals surface area contributed by atoms with E-state index in [-0.39, 0.29) is 24.4 Å². The van der Waals surface area contributed by atoms with E-state index in [1.54, 1.807) is 36.4 Å². The molecule has 0 aliphatic carbocycles. The first-order valence-corrected chi connectivity index (χ1v) is 8.83. The molecule has 1 heterocycles. The molecule has 0 N–H and O–H groups in total. The molecule has 0 amide bonds. The number of rotatable bonds is 6. The molecule has 0 radical (unpaired) electrons. The molecule has 4 rings (SSSR count). The van der Waals surface area contributed by atoms with Gasteiger partial charge in [0.05, 0.1) is 10.9 Å². The summed E-state index contributed by atoms with van der Waals surface area (Å²) in [6.07, 6.45) is 1.46. The molecule has 1 aromatic heterocycles. The Balaban J connectivity index is 1.46. The van der Waals surface area contributed by atoms with Crippen molar-refractivity contribution in [3.8, 4) is 22.6 Å². The Hall–Kier alpha value is -3.60. The molecule has 5 heteroatoms. The second-order valence-corrected chi connectivity index (χ2v) is 6.13. The average molecular weight is 376 g/mol. The van der Waals surface area contributed by atoms with E-state index in [1.807, 2.05) is 30.3 Å². The zero-order chi connectivity index (χ0) is 19.3. The number of halogens is 1. The van der Waals surface area contributed by atoms with Crippen LogP contribution in [0.1, 0.15) is 0 Å². The van der Waals surface area contributed by atoms with Gasteiger partial charge in [-0.05, 0) is 29.8 Å². The predicted molar refractivity (Wildman–Crippen MR) is 105 cm³/mol. The first-order valence-electron chi connectivity index (χ1n) is 8.83. The van der Waals surface area contributed by atoms with Gasteiger partial charge in [-0.15, -0.1) is 0 Å². The number of hydrogen-bond donors (Lipinski definition) is 0. The Kier molecular flexibility index (Phi) is 5.06. The topological polar surface area (TPSA) is 48.7 Å². The van der Waals surface area contributed by atoms with E-state index in [0.717, 1.165) is 5.56 Å². The van der Waals surface area contributed by atoms with E-state index in [1.165, 1.54) is 12.3 Å². The summed E-state index contributed by atoms with van der Waals surface area (Å²) in [6, 6.07) is 20.6. The van der Waals surface area contributed by atoms with Crippen LogP contribution in [0.15, 0.2) is 88.3 Å². The Labute approximate surface area is 160 Å². The Morgan fingerprint density at radius 2 is 1.61 bits per heavy atom. The van der Waals surface area contributed by atoms with Gasteiger partial charge in [-0.25, -0.2) is 4.39 Å². The number of para-hydroxylation sites is 1. The molecule has 0 saturated carbocycles. The fourth-order valence-corrected chi connectivity index (χ4v) is 2.89. The SMILES string of the molecule is O=c1c(-c2ccccc2)coc2cc(OCCOc3ccccc3F)ccc12. The highest BCUT2D eigenvalue weighted by atomic mass is 19.1. The molecule has 0 spiro atoms. The standard InChI is InChI=1S/C23H17FO4/c24-20-8-4-5-9-21(20)27-13-12-26-17-10-11-18-22(14-17)28-15-19(23(18)25)16-6-2-1-3-7-16/h1-11,14-15H,12-13H2. The van der Waals surface area contributed by atoms with Crippen LogP contribution in [-0.4, -0.2) is 13.2 Å². The van der Waals surface area contributed by atoms with Gasteiger partial charge in [0.2, 0.25) is 0 Å². The van der Waals surface area contributed by atoms with E-state index < -0.39 is 5.82 Å². The monoisotopic (exact) mass is 376 g/mol. The van der Waals surface area contributed by atoms with E-state index in [2.05, 4.69) is 0 Å². The van der Waals surface area contributed by atoms with Gasteiger partial charge in [0.1, 0.15) is 30.8 Å². The zero-order valence-electron chi connectivity index (χ0n) is 14.9. The maximum atomic E-state index is 13.5. The van der Waals surface area contributed by atoms with Crippen molar-refractivity contribution in [1.82, 2.24) is 0 Å². The van der Waals surface area contributed by atoms with Gasteiger partial charge in [0.15, 0.2) is 17.0 Å². The van der Waals surface area contributed by atoms with E-state index in [4.69, 9.17) is 13.9 Å². The molecule has 0 unspecified atom stereocenters. The highest BCUT2D eigenvalue weighted by Gasteiger charge is 2.10. The molecule has 0 saturated heterocycles. The van der Waals surface area contributed by atoms with Crippen LogP contribution in [0.2, 0.25) is 0 Å². The van der Waals surface area contributed by atoms with E-state index in [0.29, 0.717) is 22.3 Å². The molecular weight excluding hydrogens is 359 g/mol. The molecule has 0 bridgehead atoms. The normalized spacial score (nSPS) is 10.8. The second-order valence-electron chi connectivity index (χ2n) is 6.13. The van der Waals surface area contributed by atoms with Crippen molar-refractivity contribution >= 4 is 11.0 Å². The largest absolute Gasteiger partial charge is 0.490 e. The molecule has 4 aromatic rings. The van der Waals surface area contributed by atoms with Crippen molar-refractivity contribution < 1.29 is 18.3 Å². The summed E-state index contributed by atoms with van der Waals surface area (Å²) in [5.74, 6) is 0.313. The van der Waals surface area contributed by atoms with Crippen LogP contribution in [0, 0.1) is 5.82 Å². The Morgan fingerprint density at radius 3 is 2.43 bits per heavy atom. The molecule has 0 aliphatic rings. The highest BCUT2D eigenvalue weighted by molar-refractivity contribution is 5.82. The van der Waals surface area contributed by atoms with Crippen LogP contribution in [0.5, 0.6) is 11.5 Å². The van der Waals surface area contributed by atoms with Crippen LogP contribution in [0.25, 0.3) is 22.1 Å². The second kappa shape index (κ2) is 7.96. The molecule has 0 atom stereocenters. The lowest BCUT2D eigenvalue weighted by Crippen LogP contribution is -2.10. The molecule has 140 valence electrons. The number of fused-ring (bicyclic) bond motifs is 1. The van der Waals surface area contributed by atoms with Crippen LogP contribution in [0.4, 0.5) is 4.39 Å². The third-order valence-corrected chi connectivity index (χ3v) is 4.28. The molecule has 0 aliphatic heterocycles. The molecule has 4 nitrogen and oxygen atoms in total. The van der Waals surface area contributed by atoms with Crippen LogP contribution >= 0.6 is 0 Å². The highest BCUT2D eigenvalue weighted by Crippen LogP contribution is 2.23. The first kappa shape index (κ1) is 17.8. The van der Waals surface area contributed by atoms with Gasteiger partial charge in [-0.2, -0.15) is 0 Å². The minimum Gasteiger partial charge on any atom is -0.490 e. The van der Waals surface area contributed by atoms with E-state index >= 15 is 0 Å². The Bertz CT molecular complexity index is 1150. The average Bonchev–Trinajstić information content (AvgIpc) is 2.73. The maximum absolute atomic E-state index is 13.5. The van der Waals surface area contributed by atoms with Gasteiger partial charge in [0, 0.05) is 6.07 Å². The lowest BCUT2D eigenvalue weighted by molar-refractivity contribution is 0.211. The molecule has 28 heavy (non-hydrogen) atoms. The van der Waals surface area contributed by atoms with E-state index in [9.17, 15) is 9.18 Å². The van der Waals surface area contributed by atoms with Crippen molar-refractivity contribution in [3.05, 3.63) is 95.1 Å². The molecule has 3 aromatic carbocycles. The summed E-state index contributed by atoms with van der Waals surface area (Å²) >= 11 is 0. The van der Waals surface area contributed by atoms with Gasteiger partial charge >= 0.3 is 0 Å². The lowest BCUT2D eigenvalue weighted by Gasteiger charge is -2.09. The lowest BCUT2D eigenvalue weighted by atomic mass is 10.1. The first-order chi connectivity index (χ1) is 13.7. The summed E-state index contributed by atoms with van der Waals surface area (Å²) in [5.41, 5.74) is 1.67. The zero-order valence-corrected chi connectivity index (χ0v) is 14.9. The van der Waals surface area contributed by atoms with Crippen LogP contribution in [-0.2, 0) is 0 Å². The fraction of sp³-hybridized carbons (Fsp3) is 0.0870. The summed E-state index contributed by atoms with van der Waals surface area (Å²) < 4.78 is 30.1. The molecular formula is C23H17FO4. The predicted octanol–water partition coefficient (Wildman–Crippen LogP) is 5.06. The minimum absolute atomic E-state index is 0.0955. The fourth-order valence-electron chi connectivity index (χ4n) is 2.89. The van der Waals surface area contributed by atoms with Gasteiger partial charge < -0.3 is 13.9 Å². The van der Waals surface area contributed by atoms with Crippen molar-refractivity contribution in [2.45, 2.75) is 0 Å². The summed E-state index contributed by atoms with van der Waals surface area (Å²) in [5, 5.41) is 0.483. The van der Waals surface area contributed by atoms with Gasteiger partial charge in [-0.1, -0.05) is 42.5 Å². The van der Waals surface area contributed by atoms with Crippen molar-refractivity contribution in [3.63, 3.8) is 0 Å². The van der Waals surface area contributed by atoms with Crippen molar-refractivity contribution in [2.24, 2.45) is 0 Å². The third kappa shape index (κ3) is 3.74. The summed E-state index contributed by atoms with van der Waals surface area (Å²) in [4.78, 5) is 12.7. The summed E-state index contributed by atoms with van der Waals surface area (Å²) in [6.45, 7) is 0.419. The maximum Gasteiger partial charge on any atom is 0.200 e. The number of benzene rings is 3. The van der Waals surface area contributed by atoms with Crippen molar-refractivity contribution in [2.75, 3.05) is 13.2 Å². The molecule has 0 fully saturated rings. The third-order valence-electron chi connectivity index (χ3n) is 4.28. The smallest absolute Gasteiger partial charge is 0.200 e. The Morgan fingerprint density at radius 1 is 0.857 bits per heavy atom.